The zero-order valence-corrected chi connectivity index (χ0v) is 31.1. The van der Waals surface area contributed by atoms with Gasteiger partial charge in [-0.25, -0.2) is 0 Å². The molecule has 1 saturated heterocycles. The largest absolute Gasteiger partial charge is 0.370 e. The van der Waals surface area contributed by atoms with E-state index in [1.807, 2.05) is 13.8 Å². The van der Waals surface area contributed by atoms with Gasteiger partial charge in [0, 0.05) is 37.4 Å². The van der Waals surface area contributed by atoms with E-state index >= 15 is 0 Å². The smallest absolute Gasteiger partial charge is 0.247 e. The summed E-state index contributed by atoms with van der Waals surface area (Å²) in [5, 5.41) is 15.4. The number of carbonyl (C=O) groups is 8. The first-order valence-electron chi connectivity index (χ1n) is 16.6. The number of aliphatic imine (C=N–C) groups is 1. The van der Waals surface area contributed by atoms with Gasteiger partial charge in [0.2, 0.25) is 47.3 Å². The van der Waals surface area contributed by atoms with E-state index in [0.29, 0.717) is 25.1 Å². The van der Waals surface area contributed by atoms with Crippen LogP contribution in [-0.4, -0.2) is 132 Å². The van der Waals surface area contributed by atoms with E-state index in [1.165, 1.54) is 28.4 Å². The molecule has 21 heteroatoms. The molecule has 8 amide bonds. The predicted octanol–water partition coefficient (Wildman–Crippen LogP) is -3.56. The van der Waals surface area contributed by atoms with Crippen molar-refractivity contribution in [2.24, 2.45) is 28.1 Å². The van der Waals surface area contributed by atoms with Crippen LogP contribution in [-0.2, 0) is 38.4 Å². The number of nitrogens with two attached hydrogens (primary N) is 3. The third-order valence-corrected chi connectivity index (χ3v) is 9.11. The summed E-state index contributed by atoms with van der Waals surface area (Å²) in [6.07, 6.45) is 1.35. The van der Waals surface area contributed by atoms with Gasteiger partial charge in [-0.15, -0.1) is 11.8 Å². The average molecular weight is 760 g/mol. The number of amides is 8. The molecule has 19 nitrogen and oxygen atoms in total. The maximum atomic E-state index is 13.9. The summed E-state index contributed by atoms with van der Waals surface area (Å²) in [6.45, 7) is 5.08. The monoisotopic (exact) mass is 759 g/mol. The number of hydrogen-bond acceptors (Lipinski definition) is 11. The van der Waals surface area contributed by atoms with Crippen LogP contribution in [0.5, 0.6) is 0 Å². The quantitative estimate of drug-likeness (QED) is 0.0263. The summed E-state index contributed by atoms with van der Waals surface area (Å²) in [5.74, 6) is -3.06. The third-order valence-electron chi connectivity index (χ3n) is 6.95. The van der Waals surface area contributed by atoms with Crippen molar-refractivity contribution in [3.63, 3.8) is 0 Å². The van der Waals surface area contributed by atoms with Crippen molar-refractivity contribution in [2.45, 2.75) is 71.0 Å². The van der Waals surface area contributed by atoms with Gasteiger partial charge in [-0.1, -0.05) is 13.8 Å². The van der Waals surface area contributed by atoms with E-state index in [4.69, 9.17) is 17.2 Å². The Labute approximate surface area is 306 Å². The van der Waals surface area contributed by atoms with Crippen molar-refractivity contribution in [3.05, 3.63) is 0 Å². The second kappa shape index (κ2) is 24.8. The molecule has 12 N–H and O–H groups in total. The van der Waals surface area contributed by atoms with Gasteiger partial charge in [-0.3, -0.25) is 43.3 Å². The van der Waals surface area contributed by atoms with E-state index in [9.17, 15) is 38.4 Å². The number of hydrogen-bond donors (Lipinski definition) is 9. The fourth-order valence-electron chi connectivity index (χ4n) is 4.51. The maximum Gasteiger partial charge on any atom is 0.247 e. The number of likely N-dealkylation sites (N-methyl/N-ethyl adjacent to an activating group) is 1. The lowest BCUT2D eigenvalue weighted by Crippen LogP contribution is -2.58. The van der Waals surface area contributed by atoms with Crippen LogP contribution >= 0.6 is 23.5 Å². The topological polar surface area (TPSA) is 302 Å². The van der Waals surface area contributed by atoms with Crippen LogP contribution in [0.4, 0.5) is 0 Å². The van der Waals surface area contributed by atoms with E-state index in [2.05, 4.69) is 36.9 Å². The molecule has 0 aliphatic carbocycles. The summed E-state index contributed by atoms with van der Waals surface area (Å²) in [6, 6.07) is -2.88. The molecule has 1 aliphatic rings. The summed E-state index contributed by atoms with van der Waals surface area (Å²) < 4.78 is 0. The first kappa shape index (κ1) is 44.8. The Bertz CT molecular complexity index is 1250. The third kappa shape index (κ3) is 19.6. The number of thioether (sulfide) groups is 2. The van der Waals surface area contributed by atoms with Crippen LogP contribution < -0.4 is 49.1 Å². The molecule has 0 aromatic heterocycles. The highest BCUT2D eigenvalue weighted by Crippen LogP contribution is 2.23. The van der Waals surface area contributed by atoms with Crippen LogP contribution in [0.3, 0.4) is 0 Å². The molecule has 0 radical (unpaired) electrons. The molecule has 3 atom stereocenters. The van der Waals surface area contributed by atoms with Crippen LogP contribution in [0.2, 0.25) is 0 Å². The lowest BCUT2D eigenvalue weighted by Gasteiger charge is -2.29. The van der Waals surface area contributed by atoms with E-state index in [0.717, 1.165) is 0 Å². The summed E-state index contributed by atoms with van der Waals surface area (Å²) in [5.41, 5.74) is 15.7. The van der Waals surface area contributed by atoms with Gasteiger partial charge in [0.1, 0.15) is 18.1 Å². The number of nitrogens with one attached hydrogen (secondary N) is 6. The van der Waals surface area contributed by atoms with Gasteiger partial charge in [-0.05, 0) is 37.9 Å². The van der Waals surface area contributed by atoms with Crippen molar-refractivity contribution >= 4 is 76.7 Å². The number of rotatable bonds is 24. The number of carbonyl (C=O) groups excluding carboxylic acids is 8. The zero-order valence-electron chi connectivity index (χ0n) is 29.4. The lowest BCUT2D eigenvalue weighted by molar-refractivity contribution is -0.141. The Morgan fingerprint density at radius 1 is 0.843 bits per heavy atom. The molecular weight excluding hydrogens is 707 g/mol. The van der Waals surface area contributed by atoms with Crippen molar-refractivity contribution < 1.29 is 38.4 Å². The molecule has 1 aliphatic heterocycles. The second-order valence-electron chi connectivity index (χ2n) is 11.9. The van der Waals surface area contributed by atoms with Gasteiger partial charge >= 0.3 is 0 Å². The zero-order chi connectivity index (χ0) is 38.3. The molecule has 1 unspecified atom stereocenters. The Balaban J connectivity index is 2.91. The molecule has 1 fully saturated rings. The van der Waals surface area contributed by atoms with Crippen LogP contribution in [0, 0.1) is 5.92 Å². The van der Waals surface area contributed by atoms with Crippen molar-refractivity contribution in [1.29, 1.82) is 0 Å². The minimum Gasteiger partial charge on any atom is -0.370 e. The molecular formula is C30H53N11O8S2. The summed E-state index contributed by atoms with van der Waals surface area (Å²) in [4.78, 5) is 105. The Morgan fingerprint density at radius 3 is 2.16 bits per heavy atom. The molecule has 288 valence electrons. The first-order valence-corrected chi connectivity index (χ1v) is 18.9. The van der Waals surface area contributed by atoms with Crippen molar-refractivity contribution in [2.75, 3.05) is 55.9 Å². The average Bonchev–Trinajstić information content (AvgIpc) is 3.55. The van der Waals surface area contributed by atoms with Crippen molar-refractivity contribution in [1.82, 2.24) is 36.8 Å². The standard InChI is InChI=1S/C30H53N11O8S2/c1-4-34-27(47)19(7-5-9-35-30(32)33)40-28(48)21-16-51-17-41(21)29(49)20(39-26(46)14-38-24(44)11-18(2)3)15-50-10-6-8-23(43)37-13-25(45)36-12-22(31)42/h18-21H,4-17H2,1-3H3,(H2,31,42)(H,34,47)(H,36,45)(H,37,43)(H,38,44)(H,39,46)(H,40,48)(H4,32,33,35)/t19-,20+,21?/m1/s1. The molecule has 0 aromatic rings. The lowest BCUT2D eigenvalue weighted by atomic mass is 10.1. The highest BCUT2D eigenvalue weighted by Gasteiger charge is 2.39. The SMILES string of the molecule is CCNC(=O)[C@@H](CCCN=C(N)N)NC(=O)C1CSCN1C(=O)[C@H](CSCCCC(=O)NCC(=O)NCC(N)=O)NC(=O)CNC(=O)CC(C)C. The fraction of sp³-hybridized carbons (Fsp3) is 0.700. The first-order chi connectivity index (χ1) is 24.1. The Morgan fingerprint density at radius 2 is 1.51 bits per heavy atom. The normalized spacial score (nSPS) is 14.8. The van der Waals surface area contributed by atoms with Crippen molar-refractivity contribution in [3.8, 4) is 0 Å². The van der Waals surface area contributed by atoms with Gasteiger partial charge in [-0.2, -0.15) is 11.8 Å². The number of primary amides is 1. The molecule has 0 saturated carbocycles. The van der Waals surface area contributed by atoms with Crippen LogP contribution in [0.25, 0.3) is 0 Å². The van der Waals surface area contributed by atoms with Crippen LogP contribution in [0.1, 0.15) is 52.9 Å². The summed E-state index contributed by atoms with van der Waals surface area (Å²) in [7, 11) is 0. The summed E-state index contributed by atoms with van der Waals surface area (Å²) >= 11 is 2.64. The highest BCUT2D eigenvalue weighted by molar-refractivity contribution is 7.99. The molecule has 0 bridgehead atoms. The van der Waals surface area contributed by atoms with Gasteiger partial charge in [0.05, 0.1) is 25.5 Å². The van der Waals surface area contributed by atoms with Crippen LogP contribution in [0.15, 0.2) is 4.99 Å². The number of guanidine groups is 1. The van der Waals surface area contributed by atoms with E-state index in [1.54, 1.807) is 6.92 Å². The maximum absolute atomic E-state index is 13.9. The molecule has 0 aromatic carbocycles. The molecule has 51 heavy (non-hydrogen) atoms. The van der Waals surface area contributed by atoms with Gasteiger partial charge in [0.25, 0.3) is 0 Å². The minimum absolute atomic E-state index is 0.0761. The molecule has 0 spiro atoms. The highest BCUT2D eigenvalue weighted by atomic mass is 32.2. The predicted molar refractivity (Wildman–Crippen MR) is 195 cm³/mol. The molecule has 1 rings (SSSR count). The number of nitrogens with zero attached hydrogens (tertiary/aromatic N) is 2. The van der Waals surface area contributed by atoms with E-state index in [-0.39, 0.29) is 86.5 Å². The van der Waals surface area contributed by atoms with E-state index < -0.39 is 53.6 Å². The minimum atomic E-state index is -1.07. The fourth-order valence-corrected chi connectivity index (χ4v) is 6.65. The Hall–Kier alpha value is -4.27. The van der Waals surface area contributed by atoms with Gasteiger partial charge in [0.15, 0.2) is 5.96 Å². The molecule has 1 heterocycles. The second-order valence-corrected chi connectivity index (χ2v) is 14.1. The Kier molecular flexibility index (Phi) is 21.8. The van der Waals surface area contributed by atoms with Gasteiger partial charge < -0.3 is 54.0 Å².